The van der Waals surface area contributed by atoms with Gasteiger partial charge in [0.25, 0.3) is 10.0 Å². The fraction of sp³-hybridized carbons (Fsp3) is 0.727. The fourth-order valence-corrected chi connectivity index (χ4v) is 4.20. The van der Waals surface area contributed by atoms with Crippen molar-refractivity contribution in [2.24, 2.45) is 0 Å². The molecule has 0 aromatic carbocycles. The van der Waals surface area contributed by atoms with Crippen LogP contribution in [0.5, 0.6) is 0 Å². The summed E-state index contributed by atoms with van der Waals surface area (Å²) in [5.41, 5.74) is 0. The van der Waals surface area contributed by atoms with E-state index in [0.717, 1.165) is 0 Å². The first-order chi connectivity index (χ1) is 9.04. The first-order valence-corrected chi connectivity index (χ1v) is 7.65. The summed E-state index contributed by atoms with van der Waals surface area (Å²) >= 11 is 0. The molecule has 2 heterocycles. The molecule has 19 heavy (non-hydrogen) atoms. The van der Waals surface area contributed by atoms with Gasteiger partial charge < -0.3 is 9.84 Å². The number of methoxy groups -OCH3 is 1. The molecule has 1 aliphatic rings. The minimum absolute atomic E-state index is 0.158. The summed E-state index contributed by atoms with van der Waals surface area (Å²) < 4.78 is 33.2. The van der Waals surface area contributed by atoms with Gasteiger partial charge in [0.2, 0.25) is 0 Å². The summed E-state index contributed by atoms with van der Waals surface area (Å²) in [6, 6.07) is 1.04. The Morgan fingerprint density at radius 1 is 1.58 bits per heavy atom. The maximum Gasteiger partial charge on any atom is 0.260 e. The van der Waals surface area contributed by atoms with Crippen molar-refractivity contribution in [2.75, 3.05) is 20.3 Å². The van der Waals surface area contributed by atoms with Crippen molar-refractivity contribution in [1.82, 2.24) is 14.1 Å². The first-order valence-electron chi connectivity index (χ1n) is 6.21. The number of nitrogens with zero attached hydrogens (tertiary/aromatic N) is 3. The second-order valence-electron chi connectivity index (χ2n) is 4.49. The smallest absolute Gasteiger partial charge is 0.260 e. The number of aryl methyl sites for hydroxylation is 1. The minimum atomic E-state index is -3.65. The lowest BCUT2D eigenvalue weighted by atomic mass is 10.2. The van der Waals surface area contributed by atoms with E-state index in [-0.39, 0.29) is 24.3 Å². The molecule has 0 bridgehead atoms. The number of ether oxygens (including phenoxy) is 1. The van der Waals surface area contributed by atoms with Crippen LogP contribution >= 0.6 is 0 Å². The van der Waals surface area contributed by atoms with Crippen LogP contribution < -0.4 is 0 Å². The molecule has 8 heteroatoms. The number of aliphatic hydroxyl groups is 1. The van der Waals surface area contributed by atoms with Gasteiger partial charge in [0.15, 0.2) is 5.03 Å². The normalized spacial score (nSPS) is 25.0. The zero-order valence-corrected chi connectivity index (χ0v) is 11.9. The monoisotopic (exact) mass is 289 g/mol. The molecule has 1 aromatic rings. The van der Waals surface area contributed by atoms with Crippen molar-refractivity contribution < 1.29 is 18.3 Å². The number of hydrogen-bond acceptors (Lipinski definition) is 5. The van der Waals surface area contributed by atoms with E-state index in [4.69, 9.17) is 4.74 Å². The van der Waals surface area contributed by atoms with Gasteiger partial charge in [0.05, 0.1) is 24.9 Å². The van der Waals surface area contributed by atoms with Crippen molar-refractivity contribution in [3.63, 3.8) is 0 Å². The number of rotatable bonds is 5. The molecule has 7 nitrogen and oxygen atoms in total. The quantitative estimate of drug-likeness (QED) is 0.802. The Morgan fingerprint density at radius 2 is 2.32 bits per heavy atom. The van der Waals surface area contributed by atoms with Gasteiger partial charge in [-0.05, 0) is 19.4 Å². The van der Waals surface area contributed by atoms with Crippen molar-refractivity contribution in [3.05, 3.63) is 12.3 Å². The van der Waals surface area contributed by atoms with E-state index >= 15 is 0 Å². The van der Waals surface area contributed by atoms with Gasteiger partial charge in [-0.2, -0.15) is 9.40 Å². The van der Waals surface area contributed by atoms with E-state index in [2.05, 4.69) is 5.10 Å². The molecule has 0 saturated carbocycles. The molecular weight excluding hydrogens is 270 g/mol. The summed E-state index contributed by atoms with van der Waals surface area (Å²) in [6.07, 6.45) is 1.80. The summed E-state index contributed by atoms with van der Waals surface area (Å²) in [5.74, 6) is 0. The third kappa shape index (κ3) is 2.53. The molecule has 2 rings (SSSR count). The van der Waals surface area contributed by atoms with E-state index in [1.54, 1.807) is 7.11 Å². The van der Waals surface area contributed by atoms with E-state index < -0.39 is 16.1 Å². The maximum atomic E-state index is 12.6. The number of hydrogen-bond donors (Lipinski definition) is 1. The Hall–Kier alpha value is -0.960. The zero-order valence-electron chi connectivity index (χ0n) is 11.1. The molecular formula is C11H19N3O4S. The Bertz CT molecular complexity index is 528. The van der Waals surface area contributed by atoms with Crippen LogP contribution in [0.2, 0.25) is 0 Å². The largest absolute Gasteiger partial charge is 0.395 e. The number of aromatic nitrogens is 2. The molecule has 0 amide bonds. The Balaban J connectivity index is 2.34. The molecule has 1 saturated heterocycles. The lowest BCUT2D eigenvalue weighted by molar-refractivity contribution is 0.113. The van der Waals surface area contributed by atoms with Crippen molar-refractivity contribution >= 4 is 10.0 Å². The zero-order chi connectivity index (χ0) is 14.0. The average Bonchev–Trinajstić information content (AvgIpc) is 3.04. The Kier molecular flexibility index (Phi) is 4.24. The molecule has 0 spiro atoms. The lowest BCUT2D eigenvalue weighted by Crippen LogP contribution is -2.39. The van der Waals surface area contributed by atoms with Gasteiger partial charge >= 0.3 is 0 Å². The topological polar surface area (TPSA) is 84.7 Å². The van der Waals surface area contributed by atoms with Gasteiger partial charge in [-0.25, -0.2) is 8.42 Å². The Morgan fingerprint density at radius 3 is 2.89 bits per heavy atom. The highest BCUT2D eigenvalue weighted by molar-refractivity contribution is 7.89. The molecule has 0 aliphatic carbocycles. The number of sulfonamides is 1. The molecule has 2 atom stereocenters. The van der Waals surface area contributed by atoms with Crippen LogP contribution in [-0.4, -0.2) is 60.0 Å². The molecule has 108 valence electrons. The molecule has 1 N–H and O–H groups in total. The maximum absolute atomic E-state index is 12.6. The Labute approximate surface area is 112 Å². The van der Waals surface area contributed by atoms with E-state index in [1.165, 1.54) is 21.3 Å². The third-order valence-electron chi connectivity index (χ3n) is 3.42. The summed E-state index contributed by atoms with van der Waals surface area (Å²) in [4.78, 5) is 0. The van der Waals surface area contributed by atoms with Crippen molar-refractivity contribution in [1.29, 1.82) is 0 Å². The standard InChI is InChI=1S/C11H19N3O4S/c1-3-13-11(4-5-12-13)19(16,17)14-7-10(18-2)6-9(14)8-15/h4-5,9-10,15H,3,6-8H2,1-2H3/t9-,10+/m0/s1. The molecule has 1 aromatic heterocycles. The van der Waals surface area contributed by atoms with Crippen LogP contribution in [0, 0.1) is 0 Å². The van der Waals surface area contributed by atoms with Crippen molar-refractivity contribution in [2.45, 2.75) is 37.1 Å². The summed E-state index contributed by atoms with van der Waals surface area (Å²) in [5, 5.41) is 13.5. The van der Waals surface area contributed by atoms with Gasteiger partial charge in [-0.3, -0.25) is 4.68 Å². The van der Waals surface area contributed by atoms with Gasteiger partial charge in [0.1, 0.15) is 0 Å². The second-order valence-corrected chi connectivity index (χ2v) is 6.33. The lowest BCUT2D eigenvalue weighted by Gasteiger charge is -2.22. The molecule has 1 fully saturated rings. The van der Waals surface area contributed by atoms with Crippen LogP contribution in [0.1, 0.15) is 13.3 Å². The summed E-state index contributed by atoms with van der Waals surface area (Å²) in [6.45, 7) is 2.36. The van der Waals surface area contributed by atoms with Crippen LogP contribution in [0.15, 0.2) is 17.3 Å². The van der Waals surface area contributed by atoms with Gasteiger partial charge in [-0.15, -0.1) is 0 Å². The highest BCUT2D eigenvalue weighted by atomic mass is 32.2. The third-order valence-corrected chi connectivity index (χ3v) is 5.36. The van der Waals surface area contributed by atoms with E-state index in [9.17, 15) is 13.5 Å². The number of aliphatic hydroxyl groups excluding tert-OH is 1. The van der Waals surface area contributed by atoms with Crippen LogP contribution in [-0.2, 0) is 21.3 Å². The average molecular weight is 289 g/mol. The SMILES string of the molecule is CCn1nccc1S(=O)(=O)N1C[C@H](OC)C[C@H]1CO. The second kappa shape index (κ2) is 5.58. The van der Waals surface area contributed by atoms with Crippen LogP contribution in [0.25, 0.3) is 0 Å². The van der Waals surface area contributed by atoms with Crippen LogP contribution in [0.4, 0.5) is 0 Å². The van der Waals surface area contributed by atoms with Crippen LogP contribution in [0.3, 0.4) is 0 Å². The van der Waals surface area contributed by atoms with E-state index in [0.29, 0.717) is 13.0 Å². The predicted octanol–water partition coefficient (Wildman–Crippen LogP) is -0.327. The summed E-state index contributed by atoms with van der Waals surface area (Å²) in [7, 11) is -2.10. The highest BCUT2D eigenvalue weighted by Crippen LogP contribution is 2.27. The fourth-order valence-electron chi connectivity index (χ4n) is 2.37. The van der Waals surface area contributed by atoms with Gasteiger partial charge in [0, 0.05) is 20.2 Å². The minimum Gasteiger partial charge on any atom is -0.395 e. The first kappa shape index (κ1) is 14.4. The van der Waals surface area contributed by atoms with Gasteiger partial charge in [-0.1, -0.05) is 0 Å². The highest BCUT2D eigenvalue weighted by Gasteiger charge is 2.41. The predicted molar refractivity (Wildman–Crippen MR) is 68.1 cm³/mol. The van der Waals surface area contributed by atoms with E-state index in [1.807, 2.05) is 6.92 Å². The molecule has 1 aliphatic heterocycles. The van der Waals surface area contributed by atoms with Crippen molar-refractivity contribution in [3.8, 4) is 0 Å². The molecule has 0 unspecified atom stereocenters. The molecule has 0 radical (unpaired) electrons.